The first-order valence-electron chi connectivity index (χ1n) is 6.83. The van der Waals surface area contributed by atoms with Crippen LogP contribution in [-0.4, -0.2) is 36.3 Å². The molecule has 0 heterocycles. The molecule has 2 atom stereocenters. The fourth-order valence-corrected chi connectivity index (χ4v) is 2.04. The van der Waals surface area contributed by atoms with Gasteiger partial charge in [-0.2, -0.15) is 0 Å². The molecule has 0 spiro atoms. The summed E-state index contributed by atoms with van der Waals surface area (Å²) < 4.78 is 0. The van der Waals surface area contributed by atoms with E-state index in [1.165, 1.54) is 6.92 Å². The average Bonchev–Trinajstić information content (AvgIpc) is 2.45. The zero-order valence-corrected chi connectivity index (χ0v) is 14.6. The summed E-state index contributed by atoms with van der Waals surface area (Å²) in [5.41, 5.74) is 6.42. The summed E-state index contributed by atoms with van der Waals surface area (Å²) in [6.07, 6.45) is 0.183. The monoisotopic (exact) mass is 347 g/mol. The molecule has 0 aromatic heterocycles. The van der Waals surface area contributed by atoms with Crippen LogP contribution >= 0.6 is 24.0 Å². The van der Waals surface area contributed by atoms with E-state index >= 15 is 0 Å². The highest BCUT2D eigenvalue weighted by Gasteiger charge is 2.21. The van der Waals surface area contributed by atoms with Gasteiger partial charge in [0.25, 0.3) is 0 Å². The molecule has 1 rings (SSSR count). The lowest BCUT2D eigenvalue weighted by Crippen LogP contribution is -2.41. The standard InChI is InChI=1S/C15H22ClN3O2.ClH/c1-10(9-17)19(3)15(21)8-14(18-11(2)20)12-4-6-13(16)7-5-12;/h4-7,10,14H,8-9,17H2,1-3H3,(H,18,20);1H. The second-order valence-electron chi connectivity index (χ2n) is 5.10. The molecule has 0 saturated heterocycles. The molecule has 124 valence electrons. The Morgan fingerprint density at radius 3 is 2.32 bits per heavy atom. The normalized spacial score (nSPS) is 12.8. The SMILES string of the molecule is CC(=O)NC(CC(=O)N(C)C(C)CN)c1ccc(Cl)cc1.Cl. The molecule has 1 aromatic carbocycles. The van der Waals surface area contributed by atoms with E-state index in [9.17, 15) is 9.59 Å². The lowest BCUT2D eigenvalue weighted by molar-refractivity contribution is -0.132. The topological polar surface area (TPSA) is 75.4 Å². The van der Waals surface area contributed by atoms with Gasteiger partial charge in [0, 0.05) is 31.6 Å². The van der Waals surface area contributed by atoms with Crippen LogP contribution in [0.15, 0.2) is 24.3 Å². The lowest BCUT2D eigenvalue weighted by atomic mass is 10.0. The fraction of sp³-hybridized carbons (Fsp3) is 0.467. The van der Waals surface area contributed by atoms with Gasteiger partial charge in [-0.25, -0.2) is 0 Å². The number of hydrogen-bond acceptors (Lipinski definition) is 3. The van der Waals surface area contributed by atoms with Crippen LogP contribution in [0.25, 0.3) is 0 Å². The Labute approximate surface area is 142 Å². The number of hydrogen-bond donors (Lipinski definition) is 2. The van der Waals surface area contributed by atoms with Crippen LogP contribution in [0, 0.1) is 0 Å². The predicted octanol–water partition coefficient (Wildman–Crippen LogP) is 2.13. The summed E-state index contributed by atoms with van der Waals surface area (Å²) in [5.74, 6) is -0.251. The van der Waals surface area contributed by atoms with Crippen LogP contribution in [0.3, 0.4) is 0 Å². The van der Waals surface area contributed by atoms with Crippen LogP contribution < -0.4 is 11.1 Å². The van der Waals surface area contributed by atoms with Crippen molar-refractivity contribution in [1.29, 1.82) is 0 Å². The Bertz CT molecular complexity index is 494. The van der Waals surface area contributed by atoms with Gasteiger partial charge in [-0.3, -0.25) is 9.59 Å². The van der Waals surface area contributed by atoms with Crippen LogP contribution in [0.1, 0.15) is 31.9 Å². The predicted molar refractivity (Wildman–Crippen MR) is 91.2 cm³/mol. The quantitative estimate of drug-likeness (QED) is 0.827. The maximum atomic E-state index is 12.3. The molecule has 5 nitrogen and oxygen atoms in total. The summed E-state index contributed by atoms with van der Waals surface area (Å²) in [4.78, 5) is 25.2. The van der Waals surface area contributed by atoms with Gasteiger partial charge < -0.3 is 16.0 Å². The number of carbonyl (C=O) groups is 2. The number of likely N-dealkylation sites (N-methyl/N-ethyl adjacent to an activating group) is 1. The zero-order valence-electron chi connectivity index (χ0n) is 13.0. The van der Waals surface area contributed by atoms with Crippen molar-refractivity contribution in [3.63, 3.8) is 0 Å². The Morgan fingerprint density at radius 2 is 1.86 bits per heavy atom. The number of benzene rings is 1. The average molecular weight is 348 g/mol. The molecular weight excluding hydrogens is 325 g/mol. The smallest absolute Gasteiger partial charge is 0.225 e. The molecular formula is C15H23Cl2N3O2. The minimum Gasteiger partial charge on any atom is -0.349 e. The first kappa shape index (κ1) is 20.7. The van der Waals surface area contributed by atoms with Gasteiger partial charge in [0.05, 0.1) is 12.5 Å². The van der Waals surface area contributed by atoms with Crippen molar-refractivity contribution >= 4 is 35.8 Å². The van der Waals surface area contributed by atoms with Gasteiger partial charge in [-0.1, -0.05) is 23.7 Å². The highest BCUT2D eigenvalue weighted by atomic mass is 35.5. The van der Waals surface area contributed by atoms with Crippen LogP contribution in [0.4, 0.5) is 0 Å². The Hall–Kier alpha value is -1.30. The number of carbonyl (C=O) groups excluding carboxylic acids is 2. The van der Waals surface area contributed by atoms with Crippen LogP contribution in [0.2, 0.25) is 5.02 Å². The minimum atomic E-state index is -0.375. The third-order valence-electron chi connectivity index (χ3n) is 3.42. The van der Waals surface area contributed by atoms with E-state index in [2.05, 4.69) is 5.32 Å². The van der Waals surface area contributed by atoms with Crippen molar-refractivity contribution < 1.29 is 9.59 Å². The lowest BCUT2D eigenvalue weighted by Gasteiger charge is -2.26. The maximum Gasteiger partial charge on any atom is 0.225 e. The highest BCUT2D eigenvalue weighted by Crippen LogP contribution is 2.20. The molecule has 2 amide bonds. The number of nitrogens with one attached hydrogen (secondary N) is 1. The third-order valence-corrected chi connectivity index (χ3v) is 3.68. The van der Waals surface area contributed by atoms with Crippen molar-refractivity contribution in [3.8, 4) is 0 Å². The van der Waals surface area contributed by atoms with E-state index in [4.69, 9.17) is 17.3 Å². The largest absolute Gasteiger partial charge is 0.349 e. The van der Waals surface area contributed by atoms with E-state index < -0.39 is 0 Å². The van der Waals surface area contributed by atoms with Gasteiger partial charge >= 0.3 is 0 Å². The van der Waals surface area contributed by atoms with Crippen LogP contribution in [-0.2, 0) is 9.59 Å². The molecule has 0 aliphatic carbocycles. The summed E-state index contributed by atoms with van der Waals surface area (Å²) in [6.45, 7) is 3.71. The Kier molecular flexibility index (Phi) is 9.09. The van der Waals surface area contributed by atoms with Crippen molar-refractivity contribution in [3.05, 3.63) is 34.9 Å². The van der Waals surface area contributed by atoms with Crippen LogP contribution in [0.5, 0.6) is 0 Å². The first-order chi connectivity index (χ1) is 9.85. The van der Waals surface area contributed by atoms with E-state index in [1.807, 2.05) is 19.1 Å². The molecule has 1 aromatic rings. The number of nitrogens with two attached hydrogens (primary N) is 1. The van der Waals surface area contributed by atoms with Crippen molar-refractivity contribution in [2.75, 3.05) is 13.6 Å². The van der Waals surface area contributed by atoms with Crippen molar-refractivity contribution in [2.24, 2.45) is 5.73 Å². The van der Waals surface area contributed by atoms with Crippen molar-refractivity contribution in [1.82, 2.24) is 10.2 Å². The Morgan fingerprint density at radius 1 is 1.32 bits per heavy atom. The fourth-order valence-electron chi connectivity index (χ4n) is 1.92. The number of nitrogens with zero attached hydrogens (tertiary/aromatic N) is 1. The van der Waals surface area contributed by atoms with Gasteiger partial charge in [-0.15, -0.1) is 12.4 Å². The maximum absolute atomic E-state index is 12.3. The molecule has 0 fully saturated rings. The van der Waals surface area contributed by atoms with Gasteiger partial charge in [-0.05, 0) is 24.6 Å². The van der Waals surface area contributed by atoms with Crippen molar-refractivity contribution in [2.45, 2.75) is 32.4 Å². The molecule has 2 unspecified atom stereocenters. The third kappa shape index (κ3) is 6.22. The molecule has 0 aliphatic rings. The molecule has 3 N–H and O–H groups in total. The van der Waals surface area contributed by atoms with Gasteiger partial charge in [0.2, 0.25) is 11.8 Å². The Balaban J connectivity index is 0.00000441. The second-order valence-corrected chi connectivity index (χ2v) is 5.53. The number of rotatable bonds is 6. The molecule has 0 aliphatic heterocycles. The molecule has 0 radical (unpaired) electrons. The van der Waals surface area contributed by atoms with E-state index in [0.29, 0.717) is 11.6 Å². The second kappa shape index (κ2) is 9.66. The molecule has 0 saturated carbocycles. The summed E-state index contributed by atoms with van der Waals surface area (Å²) in [5, 5.41) is 3.41. The summed E-state index contributed by atoms with van der Waals surface area (Å²) in [6, 6.07) is 6.68. The van der Waals surface area contributed by atoms with Gasteiger partial charge in [0.1, 0.15) is 0 Å². The molecule has 7 heteroatoms. The molecule has 22 heavy (non-hydrogen) atoms. The van der Waals surface area contributed by atoms with E-state index in [-0.39, 0.29) is 42.7 Å². The number of amides is 2. The summed E-state index contributed by atoms with van der Waals surface area (Å²) >= 11 is 5.86. The minimum absolute atomic E-state index is 0. The van der Waals surface area contributed by atoms with Gasteiger partial charge in [0.15, 0.2) is 0 Å². The van der Waals surface area contributed by atoms with E-state index in [0.717, 1.165) is 5.56 Å². The van der Waals surface area contributed by atoms with E-state index in [1.54, 1.807) is 24.1 Å². The number of halogens is 2. The summed E-state index contributed by atoms with van der Waals surface area (Å²) in [7, 11) is 1.71. The first-order valence-corrected chi connectivity index (χ1v) is 7.21. The molecule has 0 bridgehead atoms. The highest BCUT2D eigenvalue weighted by molar-refractivity contribution is 6.30. The zero-order chi connectivity index (χ0) is 16.0.